The van der Waals surface area contributed by atoms with Gasteiger partial charge >= 0.3 is 0 Å². The number of carbonyl (C=O) groups excluding carboxylic acids is 1. The van der Waals surface area contributed by atoms with E-state index >= 15 is 0 Å². The van der Waals surface area contributed by atoms with Crippen molar-refractivity contribution in [3.05, 3.63) is 85.4 Å². The Morgan fingerprint density at radius 1 is 1.11 bits per heavy atom. The van der Waals surface area contributed by atoms with Gasteiger partial charge in [0.05, 0.1) is 22.4 Å². The van der Waals surface area contributed by atoms with Gasteiger partial charge in [0.2, 0.25) is 0 Å². The molecule has 0 aromatic heterocycles. The van der Waals surface area contributed by atoms with Crippen LogP contribution in [0.5, 0.6) is 17.2 Å². The number of amides is 1. The zero-order valence-corrected chi connectivity index (χ0v) is 24.8. The van der Waals surface area contributed by atoms with Gasteiger partial charge in [-0.1, -0.05) is 24.3 Å². The molecule has 1 aliphatic heterocycles. The topological polar surface area (TPSA) is 69.2 Å². The molecule has 4 rings (SSSR count). The van der Waals surface area contributed by atoms with Gasteiger partial charge in [0, 0.05) is 15.1 Å². The number of hydrogen-bond donors (Lipinski definition) is 1. The molecule has 3 aromatic rings. The summed E-state index contributed by atoms with van der Waals surface area (Å²) in [5.74, 6) is 3.83. The first-order valence-electron chi connectivity index (χ1n) is 11.0. The van der Waals surface area contributed by atoms with Crippen LogP contribution in [0.3, 0.4) is 0 Å². The van der Waals surface area contributed by atoms with Crippen LogP contribution in [0, 0.1) is 3.57 Å². The van der Waals surface area contributed by atoms with Crippen LogP contribution in [-0.2, 0) is 11.4 Å². The van der Waals surface area contributed by atoms with Gasteiger partial charge < -0.3 is 14.2 Å². The molecular formula is C26H24BrIN2O4S2. The van der Waals surface area contributed by atoms with Gasteiger partial charge in [0.1, 0.15) is 12.4 Å². The second-order valence-electron chi connectivity index (χ2n) is 7.67. The Morgan fingerprint density at radius 2 is 1.83 bits per heavy atom. The number of halogens is 2. The minimum Gasteiger partial charge on any atom is -0.493 e. The molecule has 0 bridgehead atoms. The third-order valence-electron chi connectivity index (χ3n) is 5.10. The number of hydrogen-bond acceptors (Lipinski definition) is 7. The standard InChI is InChI=1S/C26H24BrIN2O4S2/c1-32-23-13-18(12-22(27)25(23)34-15-17-2-6-20(28)7-3-17)14-29-30-24(31)16-33-21-8-4-19(5-9-21)26-35-10-11-36-26/h2-9,12-14,26H,10-11,15-16H2,1H3,(H,30,31)/b29-14-. The largest absolute Gasteiger partial charge is 0.493 e. The van der Waals surface area contributed by atoms with E-state index in [1.807, 2.05) is 66.0 Å². The first-order valence-corrected chi connectivity index (χ1v) is 15.0. The lowest BCUT2D eigenvalue weighted by molar-refractivity contribution is -0.123. The van der Waals surface area contributed by atoms with E-state index in [1.54, 1.807) is 19.4 Å². The Balaban J connectivity index is 1.28. The van der Waals surface area contributed by atoms with Gasteiger partial charge in [-0.15, -0.1) is 23.5 Å². The molecular weight excluding hydrogens is 675 g/mol. The van der Waals surface area contributed by atoms with Crippen LogP contribution >= 0.6 is 62.0 Å². The summed E-state index contributed by atoms with van der Waals surface area (Å²) in [5.41, 5.74) is 5.56. The zero-order valence-electron chi connectivity index (χ0n) is 19.4. The maximum absolute atomic E-state index is 12.2. The summed E-state index contributed by atoms with van der Waals surface area (Å²) in [4.78, 5) is 12.2. The molecule has 0 unspecified atom stereocenters. The molecule has 0 spiro atoms. The number of carbonyl (C=O) groups is 1. The molecule has 3 aromatic carbocycles. The van der Waals surface area contributed by atoms with Gasteiger partial charge in [0.15, 0.2) is 18.1 Å². The summed E-state index contributed by atoms with van der Waals surface area (Å²) in [6, 6.07) is 19.7. The van der Waals surface area contributed by atoms with Crippen molar-refractivity contribution in [3.8, 4) is 17.2 Å². The molecule has 1 saturated heterocycles. The fourth-order valence-corrected chi connectivity index (χ4v) is 7.12. The molecule has 1 aliphatic rings. The van der Waals surface area contributed by atoms with Crippen LogP contribution in [0.15, 0.2) is 70.2 Å². The maximum atomic E-state index is 12.2. The predicted octanol–water partition coefficient (Wildman–Crippen LogP) is 6.65. The van der Waals surface area contributed by atoms with Crippen molar-refractivity contribution < 1.29 is 19.0 Å². The van der Waals surface area contributed by atoms with Gasteiger partial charge in [-0.25, -0.2) is 5.43 Å². The normalized spacial score (nSPS) is 13.6. The van der Waals surface area contributed by atoms with Crippen LogP contribution in [-0.4, -0.2) is 37.3 Å². The summed E-state index contributed by atoms with van der Waals surface area (Å²) < 4.78 is 19.5. The molecule has 188 valence electrons. The minimum absolute atomic E-state index is 0.123. The van der Waals surface area contributed by atoms with Crippen molar-refractivity contribution in [1.82, 2.24) is 5.43 Å². The highest BCUT2D eigenvalue weighted by Gasteiger charge is 2.18. The van der Waals surface area contributed by atoms with E-state index in [0.29, 0.717) is 28.4 Å². The van der Waals surface area contributed by atoms with E-state index in [9.17, 15) is 4.79 Å². The fourth-order valence-electron chi connectivity index (χ4n) is 3.32. The fraction of sp³-hybridized carbons (Fsp3) is 0.231. The zero-order chi connectivity index (χ0) is 25.3. The van der Waals surface area contributed by atoms with Crippen LogP contribution in [0.4, 0.5) is 0 Å². The number of hydrazone groups is 1. The SMILES string of the molecule is COc1cc(/C=N\NC(=O)COc2ccc(C3SCCS3)cc2)cc(Br)c1OCc1ccc(I)cc1. The number of nitrogens with zero attached hydrogens (tertiary/aromatic N) is 1. The summed E-state index contributed by atoms with van der Waals surface area (Å²) in [5, 5.41) is 4.04. The highest BCUT2D eigenvalue weighted by molar-refractivity contribution is 14.1. The Hall–Kier alpha value is -1.89. The third-order valence-corrected chi connectivity index (χ3v) is 9.51. The first kappa shape index (κ1) is 27.2. The number of thioether (sulfide) groups is 2. The molecule has 1 amide bonds. The maximum Gasteiger partial charge on any atom is 0.277 e. The third kappa shape index (κ3) is 7.80. The van der Waals surface area contributed by atoms with Gasteiger partial charge in [-0.05, 0) is 91.6 Å². The second-order valence-corrected chi connectivity index (χ2v) is 12.5. The molecule has 1 N–H and O–H groups in total. The molecule has 6 nitrogen and oxygen atoms in total. The molecule has 10 heteroatoms. The monoisotopic (exact) mass is 698 g/mol. The van der Waals surface area contributed by atoms with Crippen molar-refractivity contribution in [2.75, 3.05) is 25.2 Å². The van der Waals surface area contributed by atoms with E-state index in [2.05, 4.69) is 61.2 Å². The van der Waals surface area contributed by atoms with Crippen molar-refractivity contribution in [2.24, 2.45) is 5.10 Å². The summed E-state index contributed by atoms with van der Waals surface area (Å²) in [7, 11) is 1.58. The van der Waals surface area contributed by atoms with Gasteiger partial charge in [0.25, 0.3) is 5.91 Å². The van der Waals surface area contributed by atoms with E-state index < -0.39 is 0 Å². The summed E-state index contributed by atoms with van der Waals surface area (Å²) in [6.45, 7) is 0.290. The highest BCUT2D eigenvalue weighted by atomic mass is 127. The number of methoxy groups -OCH3 is 1. The lowest BCUT2D eigenvalue weighted by Crippen LogP contribution is -2.24. The Morgan fingerprint density at radius 3 is 2.53 bits per heavy atom. The smallest absolute Gasteiger partial charge is 0.277 e. The first-order chi connectivity index (χ1) is 17.5. The van der Waals surface area contributed by atoms with Crippen LogP contribution < -0.4 is 19.6 Å². The molecule has 0 radical (unpaired) electrons. The van der Waals surface area contributed by atoms with E-state index in [1.165, 1.54) is 20.6 Å². The van der Waals surface area contributed by atoms with E-state index in [4.69, 9.17) is 14.2 Å². The average Bonchev–Trinajstić information content (AvgIpc) is 3.43. The number of nitrogens with one attached hydrogen (secondary N) is 1. The summed E-state index contributed by atoms with van der Waals surface area (Å²) >= 11 is 9.73. The number of rotatable bonds is 10. The van der Waals surface area contributed by atoms with E-state index in [0.717, 1.165) is 15.6 Å². The Labute approximate surface area is 241 Å². The predicted molar refractivity (Wildman–Crippen MR) is 160 cm³/mol. The van der Waals surface area contributed by atoms with Crippen LogP contribution in [0.1, 0.15) is 21.3 Å². The van der Waals surface area contributed by atoms with Crippen molar-refractivity contribution in [1.29, 1.82) is 0 Å². The minimum atomic E-state index is -0.347. The van der Waals surface area contributed by atoms with Crippen LogP contribution in [0.2, 0.25) is 0 Å². The molecule has 0 aliphatic carbocycles. The van der Waals surface area contributed by atoms with Gasteiger partial charge in [-0.2, -0.15) is 5.10 Å². The Kier molecular flexibility index (Phi) is 10.3. The van der Waals surface area contributed by atoms with Crippen molar-refractivity contribution in [2.45, 2.75) is 11.2 Å². The van der Waals surface area contributed by atoms with Crippen molar-refractivity contribution in [3.63, 3.8) is 0 Å². The molecule has 1 heterocycles. The quantitative estimate of drug-likeness (QED) is 0.145. The molecule has 1 fully saturated rings. The second kappa shape index (κ2) is 13.6. The van der Waals surface area contributed by atoms with E-state index in [-0.39, 0.29) is 12.5 Å². The van der Waals surface area contributed by atoms with Crippen molar-refractivity contribution >= 4 is 74.2 Å². The Bertz CT molecular complexity index is 1200. The summed E-state index contributed by atoms with van der Waals surface area (Å²) in [6.07, 6.45) is 1.54. The lowest BCUT2D eigenvalue weighted by atomic mass is 10.2. The lowest BCUT2D eigenvalue weighted by Gasteiger charge is -2.13. The van der Waals surface area contributed by atoms with Crippen LogP contribution in [0.25, 0.3) is 0 Å². The molecule has 0 saturated carbocycles. The average molecular weight is 699 g/mol. The van der Waals surface area contributed by atoms with Gasteiger partial charge in [-0.3, -0.25) is 4.79 Å². The molecule has 36 heavy (non-hydrogen) atoms. The molecule has 0 atom stereocenters. The number of benzene rings is 3. The highest BCUT2D eigenvalue weighted by Crippen LogP contribution is 2.45. The number of ether oxygens (including phenoxy) is 3.